The van der Waals surface area contributed by atoms with E-state index in [1.807, 2.05) is 46.8 Å². The second-order valence-electron chi connectivity index (χ2n) is 9.23. The van der Waals surface area contributed by atoms with Crippen LogP contribution in [0.5, 0.6) is 0 Å². The zero-order valence-corrected chi connectivity index (χ0v) is 19.8. The van der Waals surface area contributed by atoms with Gasteiger partial charge in [-0.05, 0) is 70.5 Å². The lowest BCUT2D eigenvalue weighted by molar-refractivity contribution is -0.0218. The van der Waals surface area contributed by atoms with Crippen molar-refractivity contribution >= 4 is 22.6 Å². The fourth-order valence-corrected chi connectivity index (χ4v) is 4.10. The number of carbonyl (C=O) groups is 1. The standard InChI is InChI=1S/C25H33FN4O3/c1-16(2)29(17(3)4)15-25(33,13-26)14-27-22-9-18(5)10-23-21(22)12-28-30(23)20-8-6-7-19(11-20)24(31)32/h6-12,16-17,27,33H,13-15H2,1-5H3,(H,31,32). The fraction of sp³-hybridized carbons (Fsp3) is 0.440. The van der Waals surface area contributed by atoms with Crippen molar-refractivity contribution in [1.82, 2.24) is 14.7 Å². The fourth-order valence-electron chi connectivity index (χ4n) is 4.10. The Balaban J connectivity index is 1.92. The molecule has 2 aromatic carbocycles. The molecule has 0 aliphatic heterocycles. The number of carboxylic acid groups (broad SMARTS) is 1. The molecule has 0 spiro atoms. The summed E-state index contributed by atoms with van der Waals surface area (Å²) in [6.07, 6.45) is 1.69. The second-order valence-corrected chi connectivity index (χ2v) is 9.23. The molecule has 3 aromatic rings. The van der Waals surface area contributed by atoms with Gasteiger partial charge in [-0.2, -0.15) is 5.10 Å². The maximum atomic E-state index is 14.0. The van der Waals surface area contributed by atoms with Crippen molar-refractivity contribution in [3.8, 4) is 5.69 Å². The second kappa shape index (κ2) is 9.89. The van der Waals surface area contributed by atoms with Crippen LogP contribution < -0.4 is 5.32 Å². The molecule has 3 rings (SSSR count). The summed E-state index contributed by atoms with van der Waals surface area (Å²) >= 11 is 0. The van der Waals surface area contributed by atoms with Gasteiger partial charge in [0.05, 0.1) is 23.0 Å². The Bertz CT molecular complexity index is 1120. The van der Waals surface area contributed by atoms with Crippen LogP contribution in [0.1, 0.15) is 43.6 Å². The molecule has 33 heavy (non-hydrogen) atoms. The first-order chi connectivity index (χ1) is 15.5. The number of benzene rings is 2. The Morgan fingerprint density at radius 2 is 1.91 bits per heavy atom. The highest BCUT2D eigenvalue weighted by molar-refractivity contribution is 5.93. The number of aromatic nitrogens is 2. The molecular weight excluding hydrogens is 423 g/mol. The molecule has 0 aliphatic rings. The number of fused-ring (bicyclic) bond motifs is 1. The van der Waals surface area contributed by atoms with Crippen LogP contribution in [0.15, 0.2) is 42.6 Å². The molecule has 0 fully saturated rings. The number of halogens is 1. The van der Waals surface area contributed by atoms with Crippen LogP contribution in [-0.4, -0.2) is 68.3 Å². The first-order valence-corrected chi connectivity index (χ1v) is 11.1. The topological polar surface area (TPSA) is 90.6 Å². The first kappa shape index (κ1) is 24.7. The number of nitrogens with one attached hydrogen (secondary N) is 1. The van der Waals surface area contributed by atoms with Crippen LogP contribution in [0.3, 0.4) is 0 Å². The molecule has 3 N–H and O–H groups in total. The molecule has 1 aromatic heterocycles. The number of aryl methyl sites for hydroxylation is 1. The maximum Gasteiger partial charge on any atom is 0.335 e. The molecule has 7 nitrogen and oxygen atoms in total. The molecule has 178 valence electrons. The SMILES string of the molecule is Cc1cc(NCC(O)(CF)CN(C(C)C)C(C)C)c2cnn(-c3cccc(C(=O)O)c3)c2c1. The number of carboxylic acids is 1. The monoisotopic (exact) mass is 456 g/mol. The average molecular weight is 457 g/mol. The van der Waals surface area contributed by atoms with E-state index < -0.39 is 18.2 Å². The highest BCUT2D eigenvalue weighted by atomic mass is 19.1. The van der Waals surface area contributed by atoms with Crippen molar-refractivity contribution in [2.45, 2.75) is 52.3 Å². The minimum atomic E-state index is -1.55. The number of hydrogen-bond donors (Lipinski definition) is 3. The van der Waals surface area contributed by atoms with Crippen LogP contribution in [-0.2, 0) is 0 Å². The van der Waals surface area contributed by atoms with Crippen molar-refractivity contribution < 1.29 is 19.4 Å². The molecule has 0 amide bonds. The van der Waals surface area contributed by atoms with Gasteiger partial charge in [-0.15, -0.1) is 0 Å². The van der Waals surface area contributed by atoms with E-state index in [9.17, 15) is 19.4 Å². The quantitative estimate of drug-likeness (QED) is 0.422. The molecule has 1 heterocycles. The lowest BCUT2D eigenvalue weighted by Crippen LogP contribution is -2.53. The van der Waals surface area contributed by atoms with Gasteiger partial charge in [-0.25, -0.2) is 13.9 Å². The Kier molecular flexibility index (Phi) is 7.39. The number of aliphatic hydroxyl groups is 1. The van der Waals surface area contributed by atoms with Gasteiger partial charge in [-0.1, -0.05) is 6.07 Å². The van der Waals surface area contributed by atoms with Crippen LogP contribution in [0, 0.1) is 6.92 Å². The molecule has 8 heteroatoms. The van der Waals surface area contributed by atoms with E-state index in [-0.39, 0.29) is 30.7 Å². The summed E-state index contributed by atoms with van der Waals surface area (Å²) in [4.78, 5) is 13.4. The van der Waals surface area contributed by atoms with Gasteiger partial charge < -0.3 is 15.5 Å². The van der Waals surface area contributed by atoms with E-state index in [0.717, 1.165) is 22.2 Å². The molecule has 0 saturated carbocycles. The summed E-state index contributed by atoms with van der Waals surface area (Å²) < 4.78 is 15.7. The summed E-state index contributed by atoms with van der Waals surface area (Å²) in [6.45, 7) is 9.45. The van der Waals surface area contributed by atoms with Gasteiger partial charge in [0.15, 0.2) is 0 Å². The van der Waals surface area contributed by atoms with Crippen molar-refractivity contribution in [2.24, 2.45) is 0 Å². The van der Waals surface area contributed by atoms with Crippen molar-refractivity contribution in [2.75, 3.05) is 25.1 Å². The third-order valence-electron chi connectivity index (χ3n) is 5.83. The van der Waals surface area contributed by atoms with E-state index in [1.54, 1.807) is 29.1 Å². The highest BCUT2D eigenvalue weighted by Gasteiger charge is 2.32. The molecule has 0 bridgehead atoms. The molecule has 1 unspecified atom stereocenters. The minimum absolute atomic E-state index is 0.0394. The van der Waals surface area contributed by atoms with E-state index in [1.165, 1.54) is 6.07 Å². The Labute approximate surface area is 193 Å². The minimum Gasteiger partial charge on any atom is -0.478 e. The molecule has 0 aliphatic carbocycles. The van der Waals surface area contributed by atoms with Gasteiger partial charge in [-0.3, -0.25) is 4.90 Å². The van der Waals surface area contributed by atoms with Crippen molar-refractivity contribution in [1.29, 1.82) is 0 Å². The lowest BCUT2D eigenvalue weighted by atomic mass is 10.0. The third kappa shape index (κ3) is 5.51. The Hall–Kier alpha value is -2.97. The number of anilines is 1. The zero-order valence-electron chi connectivity index (χ0n) is 19.8. The summed E-state index contributed by atoms with van der Waals surface area (Å²) in [5.74, 6) is -1.01. The van der Waals surface area contributed by atoms with Gasteiger partial charge in [0, 0.05) is 36.2 Å². The van der Waals surface area contributed by atoms with Crippen LogP contribution >= 0.6 is 0 Å². The predicted molar refractivity (Wildman–Crippen MR) is 129 cm³/mol. The van der Waals surface area contributed by atoms with Gasteiger partial charge in [0.25, 0.3) is 0 Å². The number of hydrogen-bond acceptors (Lipinski definition) is 5. The van der Waals surface area contributed by atoms with Crippen molar-refractivity contribution in [3.63, 3.8) is 0 Å². The Morgan fingerprint density at radius 1 is 1.21 bits per heavy atom. The van der Waals surface area contributed by atoms with E-state index >= 15 is 0 Å². The van der Waals surface area contributed by atoms with E-state index in [2.05, 4.69) is 15.3 Å². The van der Waals surface area contributed by atoms with Gasteiger partial charge in [0.2, 0.25) is 0 Å². The van der Waals surface area contributed by atoms with E-state index in [4.69, 9.17) is 0 Å². The maximum absolute atomic E-state index is 14.0. The molecule has 1 atom stereocenters. The summed E-state index contributed by atoms with van der Waals surface area (Å²) in [7, 11) is 0. The first-order valence-electron chi connectivity index (χ1n) is 11.1. The lowest BCUT2D eigenvalue weighted by Gasteiger charge is -2.37. The Morgan fingerprint density at radius 3 is 2.52 bits per heavy atom. The third-order valence-corrected chi connectivity index (χ3v) is 5.83. The summed E-state index contributed by atoms with van der Waals surface area (Å²) in [5, 5.41) is 28.8. The number of nitrogens with zero attached hydrogens (tertiary/aromatic N) is 3. The highest BCUT2D eigenvalue weighted by Crippen LogP contribution is 2.28. The number of rotatable bonds is 10. The average Bonchev–Trinajstić information content (AvgIpc) is 3.19. The molecule has 0 radical (unpaired) electrons. The number of aromatic carboxylic acids is 1. The van der Waals surface area contributed by atoms with Gasteiger partial charge >= 0.3 is 5.97 Å². The van der Waals surface area contributed by atoms with E-state index in [0.29, 0.717) is 5.69 Å². The summed E-state index contributed by atoms with van der Waals surface area (Å²) in [5.41, 5.74) is 1.74. The molecular formula is C25H33FN4O3. The normalized spacial score (nSPS) is 13.8. The zero-order chi connectivity index (χ0) is 24.3. The summed E-state index contributed by atoms with van der Waals surface area (Å²) in [6, 6.07) is 10.8. The van der Waals surface area contributed by atoms with Crippen LogP contribution in [0.25, 0.3) is 16.6 Å². The molecule has 0 saturated heterocycles. The van der Waals surface area contributed by atoms with Gasteiger partial charge in [0.1, 0.15) is 12.3 Å². The van der Waals surface area contributed by atoms with Crippen LogP contribution in [0.2, 0.25) is 0 Å². The smallest absolute Gasteiger partial charge is 0.335 e. The largest absolute Gasteiger partial charge is 0.478 e. The predicted octanol–water partition coefficient (Wildman–Crippen LogP) is 4.26. The van der Waals surface area contributed by atoms with Crippen molar-refractivity contribution in [3.05, 3.63) is 53.7 Å². The number of alkyl halides is 1. The van der Waals surface area contributed by atoms with Crippen LogP contribution in [0.4, 0.5) is 10.1 Å².